The van der Waals surface area contributed by atoms with Gasteiger partial charge in [0.25, 0.3) is 0 Å². The molecule has 0 spiro atoms. The van der Waals surface area contributed by atoms with E-state index in [1.165, 1.54) is 50.4 Å². The van der Waals surface area contributed by atoms with Gasteiger partial charge in [-0.2, -0.15) is 5.10 Å². The summed E-state index contributed by atoms with van der Waals surface area (Å²) in [6.45, 7) is 5.97. The van der Waals surface area contributed by atoms with E-state index in [-0.39, 0.29) is 0 Å². The van der Waals surface area contributed by atoms with Crippen molar-refractivity contribution in [3.05, 3.63) is 170 Å². The molecule has 51 heavy (non-hydrogen) atoms. The molecule has 0 atom stereocenters. The molecular weight excluding hydrogens is 623 g/mol. The maximum absolute atomic E-state index is 5.85. The first-order valence-corrected chi connectivity index (χ1v) is 17.5. The minimum atomic E-state index is 0.843. The topological polar surface area (TPSA) is 53.7 Å². The van der Waals surface area contributed by atoms with E-state index in [9.17, 15) is 0 Å². The highest BCUT2D eigenvalue weighted by molar-refractivity contribution is 6.12. The van der Waals surface area contributed by atoms with Crippen molar-refractivity contribution >= 4 is 55.1 Å². The van der Waals surface area contributed by atoms with Crippen LogP contribution in [0.4, 0.5) is 0 Å². The number of hydrogen-bond acceptors (Lipinski definition) is 2. The third-order valence-electron chi connectivity index (χ3n) is 10.0. The molecule has 0 amide bonds. The number of aryl methyl sites for hydroxylation is 1. The van der Waals surface area contributed by atoms with Crippen molar-refractivity contribution in [1.29, 1.82) is 0 Å². The molecule has 1 aliphatic rings. The molecule has 5 heteroatoms. The summed E-state index contributed by atoms with van der Waals surface area (Å²) in [5.74, 6) is 0. The molecule has 0 aliphatic heterocycles. The van der Waals surface area contributed by atoms with Crippen LogP contribution in [0.25, 0.3) is 83.1 Å². The Morgan fingerprint density at radius 2 is 1.33 bits per heavy atom. The average molecular weight is 660 g/mol. The fourth-order valence-electron chi connectivity index (χ4n) is 7.74. The zero-order valence-corrected chi connectivity index (χ0v) is 28.5. The van der Waals surface area contributed by atoms with Crippen LogP contribution >= 0.6 is 0 Å². The van der Waals surface area contributed by atoms with E-state index in [0.717, 1.165) is 57.4 Å². The van der Waals surface area contributed by atoms with Crippen molar-refractivity contribution in [2.75, 3.05) is 0 Å². The number of hydrogen-bond donors (Lipinski definition) is 1. The predicted octanol–water partition coefficient (Wildman–Crippen LogP) is 11.4. The molecule has 0 fully saturated rings. The fourth-order valence-corrected chi connectivity index (χ4v) is 7.74. The molecule has 9 rings (SSSR count). The molecule has 0 saturated carbocycles. The maximum Gasteiger partial charge on any atom is 0.149 e. The van der Waals surface area contributed by atoms with Crippen molar-refractivity contribution in [3.8, 4) is 27.9 Å². The number of rotatable bonds is 7. The number of para-hydroxylation sites is 2. The molecule has 3 heterocycles. The van der Waals surface area contributed by atoms with Crippen LogP contribution in [0.2, 0.25) is 0 Å². The van der Waals surface area contributed by atoms with Crippen LogP contribution in [-0.4, -0.2) is 18.9 Å². The standard InChI is InChI=1S/C46H37N5/c1-3-11-38(28-29-47)51-46-45(31(2)48-51)40-15-8-10-17-43(40)50(46)37-25-22-33(23-26-37)32-18-20-34(21-19-32)35-24-27-44-41(30-35)39-14-7-9-16-42(39)49(44)36-12-5-4-6-13-36/h3,5,7-30H,1,4,6,47H2,2H3/b29-28-,38-11+. The molecule has 0 bridgehead atoms. The van der Waals surface area contributed by atoms with Crippen molar-refractivity contribution in [2.24, 2.45) is 5.73 Å². The lowest BCUT2D eigenvalue weighted by molar-refractivity contribution is 0.889. The normalized spacial score (nSPS) is 13.7. The van der Waals surface area contributed by atoms with E-state index >= 15 is 0 Å². The van der Waals surface area contributed by atoms with Gasteiger partial charge in [0.1, 0.15) is 5.65 Å². The van der Waals surface area contributed by atoms with E-state index in [1.807, 2.05) is 16.8 Å². The lowest BCUT2D eigenvalue weighted by atomic mass is 9.99. The second kappa shape index (κ2) is 12.4. The first-order valence-electron chi connectivity index (χ1n) is 17.5. The summed E-state index contributed by atoms with van der Waals surface area (Å²) >= 11 is 0. The second-order valence-corrected chi connectivity index (χ2v) is 13.1. The van der Waals surface area contributed by atoms with E-state index < -0.39 is 0 Å². The van der Waals surface area contributed by atoms with E-state index in [0.29, 0.717) is 0 Å². The van der Waals surface area contributed by atoms with Crippen molar-refractivity contribution < 1.29 is 0 Å². The smallest absolute Gasteiger partial charge is 0.149 e. The Morgan fingerprint density at radius 1 is 0.706 bits per heavy atom. The van der Waals surface area contributed by atoms with Gasteiger partial charge in [0.2, 0.25) is 0 Å². The minimum Gasteiger partial charge on any atom is -0.405 e. The van der Waals surface area contributed by atoms with E-state index in [2.05, 4.69) is 156 Å². The van der Waals surface area contributed by atoms with Gasteiger partial charge in [0, 0.05) is 27.5 Å². The van der Waals surface area contributed by atoms with Crippen LogP contribution in [-0.2, 0) is 0 Å². The first kappa shape index (κ1) is 30.5. The SMILES string of the molecule is C=C/C=C(\C=C/N)n1nc(C)c2c3ccccc3n(-c3ccc(-c4ccc(-c5ccc6c(c5)c5ccccc5n6C5=CCCC=C5)cc4)cc3)c21. The zero-order chi connectivity index (χ0) is 34.5. The van der Waals surface area contributed by atoms with Crippen LogP contribution in [0, 0.1) is 6.92 Å². The molecule has 1 aliphatic carbocycles. The van der Waals surface area contributed by atoms with E-state index in [4.69, 9.17) is 10.8 Å². The summed E-state index contributed by atoms with van der Waals surface area (Å²) in [5, 5.41) is 9.78. The summed E-state index contributed by atoms with van der Waals surface area (Å²) in [7, 11) is 0. The minimum absolute atomic E-state index is 0.843. The van der Waals surface area contributed by atoms with Gasteiger partial charge in [0.05, 0.1) is 33.3 Å². The highest BCUT2D eigenvalue weighted by Gasteiger charge is 2.21. The van der Waals surface area contributed by atoms with Crippen LogP contribution in [0.1, 0.15) is 18.5 Å². The third kappa shape index (κ3) is 4.97. The number of benzene rings is 5. The van der Waals surface area contributed by atoms with Crippen molar-refractivity contribution in [3.63, 3.8) is 0 Å². The maximum atomic E-state index is 5.85. The van der Waals surface area contributed by atoms with E-state index in [1.54, 1.807) is 6.08 Å². The number of allylic oxidation sites excluding steroid dienone is 8. The predicted molar refractivity (Wildman–Crippen MR) is 216 cm³/mol. The van der Waals surface area contributed by atoms with Crippen LogP contribution in [0.15, 0.2) is 164 Å². The summed E-state index contributed by atoms with van der Waals surface area (Å²) in [6, 6.07) is 41.8. The Balaban J connectivity index is 1.08. The molecular formula is C46H37N5. The molecule has 5 aromatic carbocycles. The lowest BCUT2D eigenvalue weighted by Gasteiger charge is -2.12. The van der Waals surface area contributed by atoms with Gasteiger partial charge in [-0.3, -0.25) is 4.57 Å². The summed E-state index contributed by atoms with van der Waals surface area (Å²) < 4.78 is 6.65. The Kier molecular flexibility index (Phi) is 7.40. The highest BCUT2D eigenvalue weighted by Crippen LogP contribution is 2.38. The number of fused-ring (bicyclic) bond motifs is 6. The van der Waals surface area contributed by atoms with Gasteiger partial charge < -0.3 is 10.3 Å². The van der Waals surface area contributed by atoms with Gasteiger partial charge in [-0.25, -0.2) is 4.68 Å². The van der Waals surface area contributed by atoms with Crippen molar-refractivity contribution in [1.82, 2.24) is 18.9 Å². The fraction of sp³-hybridized carbons (Fsp3) is 0.0652. The number of aromatic nitrogens is 4. The van der Waals surface area contributed by atoms with Crippen molar-refractivity contribution in [2.45, 2.75) is 19.8 Å². The molecule has 246 valence electrons. The third-order valence-corrected chi connectivity index (χ3v) is 10.0. The van der Waals surface area contributed by atoms with Gasteiger partial charge in [0.15, 0.2) is 0 Å². The first-order chi connectivity index (χ1) is 25.1. The van der Waals surface area contributed by atoms with Gasteiger partial charge >= 0.3 is 0 Å². The second-order valence-electron chi connectivity index (χ2n) is 13.1. The molecule has 0 unspecified atom stereocenters. The molecule has 3 aromatic heterocycles. The quantitative estimate of drug-likeness (QED) is 0.173. The Morgan fingerprint density at radius 3 is 2.02 bits per heavy atom. The Labute approximate surface area is 296 Å². The molecule has 0 radical (unpaired) electrons. The highest BCUT2D eigenvalue weighted by atomic mass is 15.3. The largest absolute Gasteiger partial charge is 0.405 e. The van der Waals surface area contributed by atoms with Gasteiger partial charge in [-0.05, 0) is 103 Å². The summed E-state index contributed by atoms with van der Waals surface area (Å²) in [5.41, 5.74) is 19.3. The number of nitrogens with zero attached hydrogens (tertiary/aromatic N) is 4. The monoisotopic (exact) mass is 659 g/mol. The van der Waals surface area contributed by atoms with Crippen LogP contribution in [0.3, 0.4) is 0 Å². The Bertz CT molecular complexity index is 2760. The van der Waals surface area contributed by atoms with Gasteiger partial charge in [-0.1, -0.05) is 104 Å². The lowest BCUT2D eigenvalue weighted by Crippen LogP contribution is -2.04. The van der Waals surface area contributed by atoms with Crippen LogP contribution in [0.5, 0.6) is 0 Å². The Hall–Kier alpha value is -6.59. The average Bonchev–Trinajstić information content (AvgIpc) is 3.82. The van der Waals surface area contributed by atoms with Crippen LogP contribution < -0.4 is 5.73 Å². The molecule has 5 nitrogen and oxygen atoms in total. The summed E-state index contributed by atoms with van der Waals surface area (Å²) in [6.07, 6.45) is 16.1. The molecule has 0 saturated heterocycles. The number of nitrogens with two attached hydrogens (primary N) is 1. The van der Waals surface area contributed by atoms with Gasteiger partial charge in [-0.15, -0.1) is 0 Å². The molecule has 8 aromatic rings. The summed E-state index contributed by atoms with van der Waals surface area (Å²) in [4.78, 5) is 0. The zero-order valence-electron chi connectivity index (χ0n) is 28.5. The molecule has 2 N–H and O–H groups in total.